The van der Waals surface area contributed by atoms with E-state index in [2.05, 4.69) is 10.2 Å². The Morgan fingerprint density at radius 3 is 2.76 bits per heavy atom. The molecule has 0 bridgehead atoms. The molecule has 10 heteroatoms. The highest BCUT2D eigenvalue weighted by Gasteiger charge is 2.19. The second kappa shape index (κ2) is 5.71. The SMILES string of the molecule is COc1cc([N+](=O)[O-])ccc1-c1nnc(N(C)C(=O)O)s1. The Morgan fingerprint density at radius 2 is 2.19 bits per heavy atom. The monoisotopic (exact) mass is 310 g/mol. The number of ether oxygens (including phenoxy) is 1. The number of nitrogens with zero attached hydrogens (tertiary/aromatic N) is 4. The molecule has 0 aliphatic heterocycles. The Balaban J connectivity index is 2.42. The molecule has 1 N–H and O–H groups in total. The molecule has 9 nitrogen and oxygen atoms in total. The predicted octanol–water partition coefficient (Wildman–Crippen LogP) is 2.24. The van der Waals surface area contributed by atoms with Gasteiger partial charge in [-0.25, -0.2) is 4.79 Å². The smallest absolute Gasteiger partial charge is 0.413 e. The fourth-order valence-corrected chi connectivity index (χ4v) is 2.34. The molecular formula is C11H10N4O5S. The normalized spacial score (nSPS) is 10.2. The molecule has 0 saturated heterocycles. The maximum absolute atomic E-state index is 10.9. The minimum Gasteiger partial charge on any atom is -0.496 e. The van der Waals surface area contributed by atoms with E-state index < -0.39 is 11.0 Å². The van der Waals surface area contributed by atoms with Crippen molar-refractivity contribution in [3.63, 3.8) is 0 Å². The van der Waals surface area contributed by atoms with E-state index in [1.54, 1.807) is 0 Å². The molecule has 1 heterocycles. The lowest BCUT2D eigenvalue weighted by atomic mass is 10.2. The zero-order chi connectivity index (χ0) is 15.6. The van der Waals surface area contributed by atoms with E-state index in [-0.39, 0.29) is 16.6 Å². The van der Waals surface area contributed by atoms with Crippen LogP contribution in [-0.4, -0.2) is 40.5 Å². The van der Waals surface area contributed by atoms with Gasteiger partial charge >= 0.3 is 6.09 Å². The van der Waals surface area contributed by atoms with E-state index >= 15 is 0 Å². The number of rotatable bonds is 4. The number of carbonyl (C=O) groups is 1. The first-order valence-electron chi connectivity index (χ1n) is 5.57. The fourth-order valence-electron chi connectivity index (χ4n) is 1.51. The van der Waals surface area contributed by atoms with Crippen LogP contribution < -0.4 is 9.64 Å². The minimum atomic E-state index is -1.16. The van der Waals surface area contributed by atoms with Crippen LogP contribution in [0.4, 0.5) is 15.6 Å². The topological polar surface area (TPSA) is 119 Å². The van der Waals surface area contributed by atoms with Gasteiger partial charge in [0.1, 0.15) is 5.75 Å². The Hall–Kier alpha value is -2.75. The van der Waals surface area contributed by atoms with E-state index in [9.17, 15) is 14.9 Å². The zero-order valence-corrected chi connectivity index (χ0v) is 11.8. The number of amides is 1. The van der Waals surface area contributed by atoms with Gasteiger partial charge in [-0.1, -0.05) is 11.3 Å². The van der Waals surface area contributed by atoms with Crippen molar-refractivity contribution >= 4 is 28.2 Å². The third kappa shape index (κ3) is 2.89. The van der Waals surface area contributed by atoms with E-state index in [0.29, 0.717) is 10.6 Å². The molecule has 1 aromatic heterocycles. The molecule has 0 aliphatic rings. The molecule has 0 fully saturated rings. The van der Waals surface area contributed by atoms with Crippen LogP contribution in [0, 0.1) is 10.1 Å². The van der Waals surface area contributed by atoms with Gasteiger partial charge in [0.2, 0.25) is 5.13 Å². The number of anilines is 1. The number of benzene rings is 1. The molecule has 0 aliphatic carbocycles. The van der Waals surface area contributed by atoms with E-state index in [4.69, 9.17) is 9.84 Å². The van der Waals surface area contributed by atoms with Gasteiger partial charge in [0, 0.05) is 13.1 Å². The Bertz CT molecular complexity index is 702. The highest BCUT2D eigenvalue weighted by Crippen LogP contribution is 2.36. The van der Waals surface area contributed by atoms with Crippen molar-refractivity contribution in [1.29, 1.82) is 0 Å². The molecule has 0 unspecified atom stereocenters. The van der Waals surface area contributed by atoms with Crippen LogP contribution in [0.15, 0.2) is 18.2 Å². The second-order valence-electron chi connectivity index (χ2n) is 3.87. The van der Waals surface area contributed by atoms with Crippen molar-refractivity contribution in [3.05, 3.63) is 28.3 Å². The second-order valence-corrected chi connectivity index (χ2v) is 4.83. The lowest BCUT2D eigenvalue weighted by Gasteiger charge is -2.06. The summed E-state index contributed by atoms with van der Waals surface area (Å²) < 4.78 is 5.11. The number of aromatic nitrogens is 2. The maximum Gasteiger partial charge on any atom is 0.413 e. The summed E-state index contributed by atoms with van der Waals surface area (Å²) in [5.74, 6) is 0.268. The number of hydrogen-bond acceptors (Lipinski definition) is 7. The Kier molecular flexibility index (Phi) is 3.98. The summed E-state index contributed by atoms with van der Waals surface area (Å²) in [5.41, 5.74) is 0.397. The average Bonchev–Trinajstić information content (AvgIpc) is 2.94. The summed E-state index contributed by atoms with van der Waals surface area (Å²) in [4.78, 5) is 22.0. The summed E-state index contributed by atoms with van der Waals surface area (Å²) >= 11 is 1.04. The van der Waals surface area contributed by atoms with Crippen LogP contribution in [0.5, 0.6) is 5.75 Å². The third-order valence-corrected chi connectivity index (χ3v) is 3.65. The first-order valence-corrected chi connectivity index (χ1v) is 6.38. The third-order valence-electron chi connectivity index (χ3n) is 2.61. The number of carboxylic acid groups (broad SMARTS) is 1. The average molecular weight is 310 g/mol. The molecule has 0 spiro atoms. The number of methoxy groups -OCH3 is 1. The first-order chi connectivity index (χ1) is 9.93. The molecule has 0 saturated carbocycles. The quantitative estimate of drug-likeness (QED) is 0.679. The highest BCUT2D eigenvalue weighted by atomic mass is 32.1. The molecule has 1 aromatic carbocycles. The standard InChI is InChI=1S/C11H10N4O5S/c1-14(11(16)17)10-13-12-9(21-10)7-4-3-6(15(18)19)5-8(7)20-2/h3-5H,1-2H3,(H,16,17). The minimum absolute atomic E-state index is 0.108. The van der Waals surface area contributed by atoms with Crippen molar-refractivity contribution in [2.45, 2.75) is 0 Å². The zero-order valence-electron chi connectivity index (χ0n) is 11.0. The largest absolute Gasteiger partial charge is 0.496 e. The van der Waals surface area contributed by atoms with E-state index in [1.165, 1.54) is 32.4 Å². The van der Waals surface area contributed by atoms with Crippen LogP contribution in [0.3, 0.4) is 0 Å². The van der Waals surface area contributed by atoms with Gasteiger partial charge in [0.05, 0.1) is 23.7 Å². The van der Waals surface area contributed by atoms with E-state index in [1.807, 2.05) is 0 Å². The Labute approximate surface area is 122 Å². The molecule has 0 radical (unpaired) electrons. The number of nitro groups is 1. The highest BCUT2D eigenvalue weighted by molar-refractivity contribution is 7.18. The summed E-state index contributed by atoms with van der Waals surface area (Å²) in [7, 11) is 2.73. The summed E-state index contributed by atoms with van der Waals surface area (Å²) in [6.45, 7) is 0. The summed E-state index contributed by atoms with van der Waals surface area (Å²) in [5, 5.41) is 27.9. The van der Waals surface area contributed by atoms with Crippen LogP contribution in [0.25, 0.3) is 10.6 Å². The first kappa shape index (κ1) is 14.7. The van der Waals surface area contributed by atoms with Gasteiger partial charge < -0.3 is 9.84 Å². The van der Waals surface area contributed by atoms with Crippen molar-refractivity contribution in [3.8, 4) is 16.3 Å². The van der Waals surface area contributed by atoms with Crippen LogP contribution in [0.2, 0.25) is 0 Å². The van der Waals surface area contributed by atoms with Crippen molar-refractivity contribution in [1.82, 2.24) is 10.2 Å². The molecular weight excluding hydrogens is 300 g/mol. The molecule has 0 atom stereocenters. The lowest BCUT2D eigenvalue weighted by molar-refractivity contribution is -0.384. The van der Waals surface area contributed by atoms with Gasteiger partial charge in [0.15, 0.2) is 5.01 Å². The summed E-state index contributed by atoms with van der Waals surface area (Å²) in [6, 6.07) is 4.08. The fraction of sp³-hybridized carbons (Fsp3) is 0.182. The van der Waals surface area contributed by atoms with Gasteiger partial charge in [-0.2, -0.15) is 0 Å². The van der Waals surface area contributed by atoms with Crippen molar-refractivity contribution in [2.24, 2.45) is 0 Å². The number of non-ortho nitro benzene ring substituents is 1. The molecule has 2 aromatic rings. The van der Waals surface area contributed by atoms with Gasteiger partial charge in [-0.05, 0) is 6.07 Å². The van der Waals surface area contributed by atoms with E-state index in [0.717, 1.165) is 16.2 Å². The van der Waals surface area contributed by atoms with Crippen molar-refractivity contribution in [2.75, 3.05) is 19.1 Å². The molecule has 21 heavy (non-hydrogen) atoms. The van der Waals surface area contributed by atoms with Gasteiger partial charge in [0.25, 0.3) is 5.69 Å². The predicted molar refractivity (Wildman–Crippen MR) is 75.0 cm³/mol. The van der Waals surface area contributed by atoms with Gasteiger partial charge in [-0.3, -0.25) is 15.0 Å². The number of hydrogen-bond donors (Lipinski definition) is 1. The van der Waals surface area contributed by atoms with Crippen LogP contribution >= 0.6 is 11.3 Å². The lowest BCUT2D eigenvalue weighted by Crippen LogP contribution is -2.23. The van der Waals surface area contributed by atoms with Gasteiger partial charge in [-0.15, -0.1) is 10.2 Å². The summed E-state index contributed by atoms with van der Waals surface area (Å²) in [6.07, 6.45) is -1.16. The van der Waals surface area contributed by atoms with Crippen LogP contribution in [-0.2, 0) is 0 Å². The Morgan fingerprint density at radius 1 is 1.48 bits per heavy atom. The van der Waals surface area contributed by atoms with Crippen molar-refractivity contribution < 1.29 is 19.6 Å². The molecule has 110 valence electrons. The molecule has 1 amide bonds. The maximum atomic E-state index is 10.9. The number of nitro benzene ring substituents is 1. The molecule has 2 rings (SSSR count). The van der Waals surface area contributed by atoms with Crippen LogP contribution in [0.1, 0.15) is 0 Å².